The third-order valence-corrected chi connectivity index (χ3v) is 19.2. The number of nitrogens with zero attached hydrogens (tertiary/aromatic N) is 2. The highest BCUT2D eigenvalue weighted by Crippen LogP contribution is 2.53. The van der Waals surface area contributed by atoms with Crippen LogP contribution in [0.15, 0.2) is 148 Å². The molecule has 3 nitrogen and oxygen atoms in total. The van der Waals surface area contributed by atoms with Gasteiger partial charge in [-0.05, 0) is 91.6 Å². The predicted molar refractivity (Wildman–Crippen MR) is 229 cm³/mol. The van der Waals surface area contributed by atoms with Gasteiger partial charge in [-0.2, -0.15) is 4.98 Å². The Morgan fingerprint density at radius 1 is 0.704 bits per heavy atom. The second-order valence-corrected chi connectivity index (χ2v) is 21.6. The first kappa shape index (κ1) is 32.6. The molecule has 6 aromatic carbocycles. The maximum atomic E-state index is 9.92. The van der Waals surface area contributed by atoms with Gasteiger partial charge in [-0.3, -0.25) is 4.40 Å². The van der Waals surface area contributed by atoms with Gasteiger partial charge in [0.15, 0.2) is 5.58 Å². The average Bonchev–Trinajstić information content (AvgIpc) is 3.90. The van der Waals surface area contributed by atoms with Crippen molar-refractivity contribution in [2.45, 2.75) is 86.4 Å². The summed E-state index contributed by atoms with van der Waals surface area (Å²) in [5.41, 5.74) is 9.62. The molecule has 0 saturated heterocycles. The molecule has 0 radical (unpaired) electrons. The van der Waals surface area contributed by atoms with Crippen molar-refractivity contribution in [3.8, 4) is 11.1 Å². The largest absolute Gasteiger partial charge is 0.422 e. The summed E-state index contributed by atoms with van der Waals surface area (Å²) >= 11 is 1.96. The number of oxazole rings is 1. The summed E-state index contributed by atoms with van der Waals surface area (Å²) in [4.78, 5) is 7.62. The van der Waals surface area contributed by atoms with E-state index in [0.717, 1.165) is 64.5 Å². The average molecular weight is 740 g/mol. The molecule has 1 unspecified atom stereocenters. The van der Waals surface area contributed by atoms with Gasteiger partial charge < -0.3 is 4.42 Å². The van der Waals surface area contributed by atoms with Gasteiger partial charge >= 0.3 is 5.84 Å². The molecule has 10 rings (SSSR count). The summed E-state index contributed by atoms with van der Waals surface area (Å²) in [7, 11) is -2.71. The van der Waals surface area contributed by atoms with E-state index in [0.29, 0.717) is 5.84 Å². The lowest BCUT2D eigenvalue weighted by molar-refractivity contribution is 0.296. The van der Waals surface area contributed by atoms with Gasteiger partial charge in [0, 0.05) is 16.7 Å². The zero-order chi connectivity index (χ0) is 37.7. The standard InChI is InChI=1S/C49H46N2OSSi/c1-48(2)38-22-11-14-27-43(38)53-46-39(49(48,3)4)23-16-28-44(46)54(5,33-19-7-6-8-20-33)34-29-30-35(32-17-9-10-18-32)37(31-34)36-21-15-26-42-45(36)52-47-50-40-24-12-13-25-41(40)51(42)47/h6-8,11-16,19-32H,9-10,17-18H2,1-5H3/i32D. The Morgan fingerprint density at radius 3 is 2.22 bits per heavy atom. The van der Waals surface area contributed by atoms with E-state index in [-0.39, 0.29) is 10.8 Å². The number of fused-ring (bicyclic) bond motifs is 7. The first-order valence-corrected chi connectivity index (χ1v) is 22.7. The minimum atomic E-state index is -2.71. The summed E-state index contributed by atoms with van der Waals surface area (Å²) in [6, 6.07) is 49.3. The van der Waals surface area contributed by atoms with Crippen LogP contribution in [0.2, 0.25) is 6.55 Å². The van der Waals surface area contributed by atoms with Crippen molar-refractivity contribution in [2.75, 3.05) is 0 Å². The molecule has 1 saturated carbocycles. The highest BCUT2D eigenvalue weighted by Gasteiger charge is 2.47. The van der Waals surface area contributed by atoms with Crippen molar-refractivity contribution in [1.82, 2.24) is 9.38 Å². The third-order valence-electron chi connectivity index (χ3n) is 13.3. The molecule has 1 fully saturated rings. The van der Waals surface area contributed by atoms with Crippen molar-refractivity contribution in [2.24, 2.45) is 0 Å². The Hall–Kier alpha value is -4.84. The van der Waals surface area contributed by atoms with Crippen LogP contribution >= 0.6 is 11.8 Å². The zero-order valence-corrected chi connectivity index (χ0v) is 33.6. The Morgan fingerprint density at radius 2 is 1.39 bits per heavy atom. The van der Waals surface area contributed by atoms with Gasteiger partial charge in [0.2, 0.25) is 0 Å². The van der Waals surface area contributed by atoms with Crippen LogP contribution in [0.25, 0.3) is 39.1 Å². The smallest absolute Gasteiger partial charge is 0.307 e. The Bertz CT molecular complexity index is 2790. The maximum absolute atomic E-state index is 9.92. The minimum Gasteiger partial charge on any atom is -0.422 e. The highest BCUT2D eigenvalue weighted by molar-refractivity contribution is 7.99. The van der Waals surface area contributed by atoms with Gasteiger partial charge in [0.25, 0.3) is 0 Å². The third kappa shape index (κ3) is 4.83. The molecular formula is C49H46N2OSSi. The molecule has 0 amide bonds. The van der Waals surface area contributed by atoms with Crippen LogP contribution < -0.4 is 15.6 Å². The van der Waals surface area contributed by atoms with Gasteiger partial charge in [-0.15, -0.1) is 0 Å². The number of imidazole rings is 1. The summed E-state index contributed by atoms with van der Waals surface area (Å²) in [6.45, 7) is 12.3. The molecule has 2 aromatic heterocycles. The molecule has 0 spiro atoms. The highest BCUT2D eigenvalue weighted by atomic mass is 32.2. The van der Waals surface area contributed by atoms with E-state index in [1.807, 2.05) is 23.9 Å². The lowest BCUT2D eigenvalue weighted by Crippen LogP contribution is -2.65. The normalized spacial score (nSPS) is 18.6. The van der Waals surface area contributed by atoms with Crippen molar-refractivity contribution in [3.05, 3.63) is 150 Å². The number of para-hydroxylation sites is 3. The van der Waals surface area contributed by atoms with Gasteiger partial charge in [-0.25, -0.2) is 0 Å². The van der Waals surface area contributed by atoms with Gasteiger partial charge in [0.1, 0.15) is 8.07 Å². The monoisotopic (exact) mass is 739 g/mol. The van der Waals surface area contributed by atoms with Crippen molar-refractivity contribution >= 4 is 63.4 Å². The van der Waals surface area contributed by atoms with E-state index in [1.165, 1.54) is 36.5 Å². The molecule has 0 N–H and O–H groups in total. The van der Waals surface area contributed by atoms with E-state index < -0.39 is 14.0 Å². The van der Waals surface area contributed by atoms with E-state index >= 15 is 0 Å². The van der Waals surface area contributed by atoms with E-state index in [1.54, 1.807) is 0 Å². The van der Waals surface area contributed by atoms with Crippen LogP contribution in [0.1, 0.15) is 77.3 Å². The van der Waals surface area contributed by atoms with Crippen LogP contribution in [0.5, 0.6) is 0 Å². The second-order valence-electron chi connectivity index (χ2n) is 16.6. The van der Waals surface area contributed by atoms with E-state index in [9.17, 15) is 1.37 Å². The lowest BCUT2D eigenvalue weighted by atomic mass is 9.61. The summed E-state index contributed by atoms with van der Waals surface area (Å²) in [6.07, 6.45) is 3.88. The molecule has 3 heterocycles. The molecule has 54 heavy (non-hydrogen) atoms. The fourth-order valence-electron chi connectivity index (χ4n) is 9.51. The van der Waals surface area contributed by atoms with E-state index in [4.69, 9.17) is 9.40 Å². The van der Waals surface area contributed by atoms with Crippen LogP contribution in [0.3, 0.4) is 0 Å². The second kappa shape index (κ2) is 12.3. The topological polar surface area (TPSA) is 30.4 Å². The fourth-order valence-corrected chi connectivity index (χ4v) is 15.4. The number of aromatic nitrogens is 2. The summed E-state index contributed by atoms with van der Waals surface area (Å²) in [5.74, 6) is -0.0553. The molecule has 1 aliphatic carbocycles. The zero-order valence-electron chi connectivity index (χ0n) is 32.7. The van der Waals surface area contributed by atoms with Crippen molar-refractivity contribution in [3.63, 3.8) is 0 Å². The van der Waals surface area contributed by atoms with Crippen LogP contribution in [0.4, 0.5) is 0 Å². The first-order valence-electron chi connectivity index (χ1n) is 19.9. The van der Waals surface area contributed by atoms with E-state index in [2.05, 4.69) is 160 Å². The predicted octanol–water partition coefficient (Wildman–Crippen LogP) is 11.4. The van der Waals surface area contributed by atoms with Crippen LogP contribution in [0, 0.1) is 0 Å². The summed E-state index contributed by atoms with van der Waals surface area (Å²) < 4.78 is 18.8. The number of rotatable bonds is 5. The van der Waals surface area contributed by atoms with Gasteiger partial charge in [0.05, 0.1) is 16.6 Å². The molecule has 2 aliphatic rings. The number of hydrogen-bond donors (Lipinski definition) is 0. The SMILES string of the molecule is [2H]C1(c2ccc([Si](C)(c3ccccc3)c3cccc4c3Sc3ccccc3C(C)(C)C4(C)C)cc2-c2cccc3c2oc2nc4ccccc4n23)CCCC1. The molecule has 268 valence electrons. The Kier molecular flexibility index (Phi) is 7.44. The van der Waals surface area contributed by atoms with Crippen molar-refractivity contribution < 1.29 is 5.79 Å². The van der Waals surface area contributed by atoms with Gasteiger partial charge in [-0.1, -0.05) is 168 Å². The Labute approximate surface area is 324 Å². The molecule has 1 atom stereocenters. The first-order chi connectivity index (χ1) is 26.5. The molecule has 1 aliphatic heterocycles. The Balaban J connectivity index is 1.26. The van der Waals surface area contributed by atoms with Crippen LogP contribution in [-0.4, -0.2) is 17.5 Å². The molecule has 5 heteroatoms. The molecule has 0 bridgehead atoms. The quantitative estimate of drug-likeness (QED) is 0.130. The van der Waals surface area contributed by atoms with Crippen LogP contribution in [-0.2, 0) is 10.8 Å². The summed E-state index contributed by atoms with van der Waals surface area (Å²) in [5, 5.41) is 4.14. The number of benzene rings is 6. The van der Waals surface area contributed by atoms with Crippen molar-refractivity contribution in [1.29, 1.82) is 0 Å². The lowest BCUT2D eigenvalue weighted by Gasteiger charge is -2.43. The molecule has 8 aromatic rings. The molecular weight excluding hydrogens is 693 g/mol. The maximum Gasteiger partial charge on any atom is 0.307 e. The fraction of sp³-hybridized carbons (Fsp3) is 0.245. The minimum absolute atomic E-state index is 0.0868. The number of hydrogen-bond acceptors (Lipinski definition) is 3.